The van der Waals surface area contributed by atoms with E-state index in [1.54, 1.807) is 6.92 Å². The molecule has 0 radical (unpaired) electrons. The predicted octanol–water partition coefficient (Wildman–Crippen LogP) is 1.67. The number of benzene rings is 1. The molecule has 0 spiro atoms. The van der Waals surface area contributed by atoms with Crippen molar-refractivity contribution in [3.05, 3.63) is 22.7 Å². The molecule has 1 aliphatic heterocycles. The first kappa shape index (κ1) is 17.4. The highest BCUT2D eigenvalue weighted by Gasteiger charge is 2.33. The maximum atomic E-state index is 12.7. The highest BCUT2D eigenvalue weighted by Crippen LogP contribution is 2.36. The number of carbonyl (C=O) groups excluding carboxylic acids is 1. The number of ether oxygens (including phenoxy) is 3. The lowest BCUT2D eigenvalue weighted by Crippen LogP contribution is -2.52. The predicted molar refractivity (Wildman–Crippen MR) is 82.5 cm³/mol. The van der Waals surface area contributed by atoms with Crippen molar-refractivity contribution < 1.29 is 28.9 Å². The monoisotopic (exact) mass is 343 g/mol. The Bertz CT molecular complexity index is 606. The molecule has 1 atom stereocenters. The van der Waals surface area contributed by atoms with Crippen LogP contribution < -0.4 is 9.47 Å². The van der Waals surface area contributed by atoms with E-state index in [1.165, 1.54) is 24.1 Å². The zero-order chi connectivity index (χ0) is 17.0. The van der Waals surface area contributed by atoms with Crippen LogP contribution in [-0.2, 0) is 9.53 Å². The standard InChI is InChI=1S/C15H18ClNO6/c1-3-23-13-10(16)6-9(7-12(13)21-2)14(18)17-4-5-22-8-11(17)15(19)20/h6-7,11H,3-5,8H2,1-2H3,(H,19,20). The van der Waals surface area contributed by atoms with Gasteiger partial charge in [0.25, 0.3) is 5.91 Å². The van der Waals surface area contributed by atoms with Gasteiger partial charge < -0.3 is 24.2 Å². The van der Waals surface area contributed by atoms with Crippen molar-refractivity contribution in [2.75, 3.05) is 33.5 Å². The van der Waals surface area contributed by atoms with Crippen LogP contribution in [0.3, 0.4) is 0 Å². The van der Waals surface area contributed by atoms with Gasteiger partial charge in [0.2, 0.25) is 0 Å². The number of morpholine rings is 1. The molecule has 1 fully saturated rings. The van der Waals surface area contributed by atoms with Gasteiger partial charge in [0.05, 0.1) is 32.0 Å². The number of hydrogen-bond acceptors (Lipinski definition) is 5. The van der Waals surface area contributed by atoms with E-state index in [0.717, 1.165) is 0 Å². The molecule has 126 valence electrons. The third-order valence-corrected chi connectivity index (χ3v) is 3.72. The first-order chi connectivity index (χ1) is 11.0. The molecule has 1 aromatic rings. The number of carbonyl (C=O) groups is 2. The molecule has 1 aromatic carbocycles. The van der Waals surface area contributed by atoms with Crippen LogP contribution in [0, 0.1) is 0 Å². The Morgan fingerprint density at radius 2 is 2.22 bits per heavy atom. The van der Waals surface area contributed by atoms with Gasteiger partial charge in [0.15, 0.2) is 17.5 Å². The molecule has 1 N–H and O–H groups in total. The van der Waals surface area contributed by atoms with Gasteiger partial charge in [0.1, 0.15) is 0 Å². The molecule has 0 saturated carbocycles. The van der Waals surface area contributed by atoms with Gasteiger partial charge in [0, 0.05) is 12.1 Å². The number of methoxy groups -OCH3 is 1. The maximum Gasteiger partial charge on any atom is 0.328 e. The van der Waals surface area contributed by atoms with Crippen molar-refractivity contribution in [2.45, 2.75) is 13.0 Å². The van der Waals surface area contributed by atoms with E-state index >= 15 is 0 Å². The number of carboxylic acid groups (broad SMARTS) is 1. The summed E-state index contributed by atoms with van der Waals surface area (Å²) in [6, 6.07) is 1.92. The quantitative estimate of drug-likeness (QED) is 0.875. The fourth-order valence-electron chi connectivity index (χ4n) is 2.34. The summed E-state index contributed by atoms with van der Waals surface area (Å²) in [7, 11) is 1.44. The van der Waals surface area contributed by atoms with E-state index in [4.69, 9.17) is 25.8 Å². The number of aliphatic carboxylic acids is 1. The van der Waals surface area contributed by atoms with E-state index < -0.39 is 17.9 Å². The van der Waals surface area contributed by atoms with Crippen molar-refractivity contribution in [3.8, 4) is 11.5 Å². The smallest absolute Gasteiger partial charge is 0.328 e. The minimum Gasteiger partial charge on any atom is -0.493 e. The van der Waals surface area contributed by atoms with Gasteiger partial charge >= 0.3 is 5.97 Å². The van der Waals surface area contributed by atoms with Crippen molar-refractivity contribution in [1.29, 1.82) is 0 Å². The molecule has 1 amide bonds. The molecule has 1 unspecified atom stereocenters. The molecule has 1 heterocycles. The summed E-state index contributed by atoms with van der Waals surface area (Å²) in [6.07, 6.45) is 0. The molecule has 1 saturated heterocycles. The average Bonchev–Trinajstić information content (AvgIpc) is 2.55. The summed E-state index contributed by atoms with van der Waals surface area (Å²) in [6.45, 7) is 2.65. The normalized spacial score (nSPS) is 17.7. The van der Waals surface area contributed by atoms with Gasteiger partial charge in [-0.2, -0.15) is 0 Å². The van der Waals surface area contributed by atoms with Gasteiger partial charge in [-0.15, -0.1) is 0 Å². The summed E-state index contributed by atoms with van der Waals surface area (Å²) in [5.74, 6) is -0.876. The van der Waals surface area contributed by atoms with Crippen LogP contribution in [0.2, 0.25) is 5.02 Å². The molecule has 8 heteroatoms. The Balaban J connectivity index is 2.35. The van der Waals surface area contributed by atoms with Crippen LogP contribution in [0.5, 0.6) is 11.5 Å². The van der Waals surface area contributed by atoms with Crippen molar-refractivity contribution in [3.63, 3.8) is 0 Å². The van der Waals surface area contributed by atoms with E-state index in [1.807, 2.05) is 0 Å². The molecule has 7 nitrogen and oxygen atoms in total. The largest absolute Gasteiger partial charge is 0.493 e. The number of hydrogen-bond donors (Lipinski definition) is 1. The maximum absolute atomic E-state index is 12.7. The Hall–Kier alpha value is -1.99. The molecular formula is C15H18ClNO6. The number of carboxylic acids is 1. The Kier molecular flexibility index (Phi) is 5.68. The Labute approximate surface area is 138 Å². The van der Waals surface area contributed by atoms with Crippen LogP contribution in [0.15, 0.2) is 12.1 Å². The second-order valence-corrected chi connectivity index (χ2v) is 5.26. The van der Waals surface area contributed by atoms with E-state index in [0.29, 0.717) is 18.1 Å². The molecule has 2 rings (SSSR count). The van der Waals surface area contributed by atoms with Crippen molar-refractivity contribution in [2.24, 2.45) is 0 Å². The topological polar surface area (TPSA) is 85.3 Å². The summed E-state index contributed by atoms with van der Waals surface area (Å²) in [5, 5.41) is 9.46. The molecule has 0 aliphatic carbocycles. The SMILES string of the molecule is CCOc1c(Cl)cc(C(=O)N2CCOCC2C(=O)O)cc1OC. The number of halogens is 1. The minimum absolute atomic E-state index is 0.0387. The summed E-state index contributed by atoms with van der Waals surface area (Å²) in [5.41, 5.74) is 0.239. The molecular weight excluding hydrogens is 326 g/mol. The Morgan fingerprint density at radius 3 is 2.83 bits per heavy atom. The van der Waals surface area contributed by atoms with Gasteiger partial charge in [-0.3, -0.25) is 4.79 Å². The van der Waals surface area contributed by atoms with Crippen molar-refractivity contribution >= 4 is 23.5 Å². The van der Waals surface area contributed by atoms with Crippen LogP contribution in [0.4, 0.5) is 0 Å². The highest BCUT2D eigenvalue weighted by molar-refractivity contribution is 6.32. The molecule has 0 bridgehead atoms. The van der Waals surface area contributed by atoms with Crippen LogP contribution in [0.25, 0.3) is 0 Å². The number of rotatable bonds is 5. The number of nitrogens with zero attached hydrogens (tertiary/aromatic N) is 1. The van der Waals surface area contributed by atoms with Gasteiger partial charge in [-0.1, -0.05) is 11.6 Å². The first-order valence-electron chi connectivity index (χ1n) is 7.11. The van der Waals surface area contributed by atoms with E-state index in [9.17, 15) is 14.7 Å². The lowest BCUT2D eigenvalue weighted by Gasteiger charge is -2.33. The second-order valence-electron chi connectivity index (χ2n) is 4.85. The van der Waals surface area contributed by atoms with E-state index in [2.05, 4.69) is 0 Å². The van der Waals surface area contributed by atoms with Crippen LogP contribution >= 0.6 is 11.6 Å². The van der Waals surface area contributed by atoms with Gasteiger partial charge in [-0.25, -0.2) is 4.79 Å². The highest BCUT2D eigenvalue weighted by atomic mass is 35.5. The molecule has 23 heavy (non-hydrogen) atoms. The average molecular weight is 344 g/mol. The third-order valence-electron chi connectivity index (χ3n) is 3.44. The molecule has 0 aromatic heterocycles. The van der Waals surface area contributed by atoms with E-state index in [-0.39, 0.29) is 30.3 Å². The lowest BCUT2D eigenvalue weighted by atomic mass is 10.1. The fourth-order valence-corrected chi connectivity index (χ4v) is 2.61. The third kappa shape index (κ3) is 3.68. The summed E-state index contributed by atoms with van der Waals surface area (Å²) < 4.78 is 15.7. The lowest BCUT2D eigenvalue weighted by molar-refractivity contribution is -0.147. The zero-order valence-electron chi connectivity index (χ0n) is 12.9. The second kappa shape index (κ2) is 7.52. The van der Waals surface area contributed by atoms with Crippen molar-refractivity contribution in [1.82, 2.24) is 4.90 Å². The minimum atomic E-state index is -1.11. The van der Waals surface area contributed by atoms with Crippen LogP contribution in [0.1, 0.15) is 17.3 Å². The summed E-state index contributed by atoms with van der Waals surface area (Å²) in [4.78, 5) is 25.2. The van der Waals surface area contributed by atoms with Gasteiger partial charge in [-0.05, 0) is 19.1 Å². The zero-order valence-corrected chi connectivity index (χ0v) is 13.6. The first-order valence-corrected chi connectivity index (χ1v) is 7.49. The van der Waals surface area contributed by atoms with Crippen LogP contribution in [-0.4, -0.2) is 61.4 Å². The number of amides is 1. The fraction of sp³-hybridized carbons (Fsp3) is 0.467. The molecule has 1 aliphatic rings. The summed E-state index contributed by atoms with van der Waals surface area (Å²) >= 11 is 6.16. The Morgan fingerprint density at radius 1 is 1.48 bits per heavy atom.